The fourth-order valence-electron chi connectivity index (χ4n) is 9.74. The number of carbonyl (C=O) groups is 4. The van der Waals surface area contributed by atoms with E-state index in [0.717, 1.165) is 37.7 Å². The van der Waals surface area contributed by atoms with E-state index in [1.54, 1.807) is 153 Å². The molecule has 0 bridgehead atoms. The number of hydrogen-bond acceptors (Lipinski definition) is 12. The molecule has 22 heteroatoms. The molecule has 0 radical (unpaired) electrons. The van der Waals surface area contributed by atoms with Crippen molar-refractivity contribution in [3.8, 4) is 11.5 Å². The van der Waals surface area contributed by atoms with Crippen molar-refractivity contribution in [2.24, 2.45) is 4.99 Å². The van der Waals surface area contributed by atoms with Gasteiger partial charge < -0.3 is 38.9 Å². The highest BCUT2D eigenvalue weighted by atomic mass is 79.9. The fraction of sp³-hybridized carbons (Fsp3) is 0.160. The number of benzene rings is 11. The average molecular weight is 1430 g/mol. The number of nitrogens with zero attached hydrogens (tertiary/aromatic N) is 1. The molecule has 2 atom stereocenters. The van der Waals surface area contributed by atoms with Crippen LogP contribution >= 0.6 is 30.5 Å². The minimum absolute atomic E-state index is 0. The Morgan fingerprint density at radius 3 is 1.15 bits per heavy atom. The van der Waals surface area contributed by atoms with Gasteiger partial charge in [-0.15, -0.1) is 15.3 Å². The van der Waals surface area contributed by atoms with E-state index in [2.05, 4.69) is 61.2 Å². The Bertz CT molecular complexity index is 4570. The van der Waals surface area contributed by atoms with Crippen molar-refractivity contribution in [1.29, 1.82) is 0 Å². The summed E-state index contributed by atoms with van der Waals surface area (Å²) in [7, 11) is -8.98. The van der Waals surface area contributed by atoms with E-state index >= 15 is 0 Å². The van der Waals surface area contributed by atoms with E-state index in [4.69, 9.17) is 18.5 Å². The normalized spacial score (nSPS) is 11.4. The molecule has 2 unspecified atom stereocenters. The van der Waals surface area contributed by atoms with E-state index in [1.807, 2.05) is 103 Å². The van der Waals surface area contributed by atoms with Crippen molar-refractivity contribution in [3.05, 3.63) is 260 Å². The summed E-state index contributed by atoms with van der Waals surface area (Å²) < 4.78 is 49.5. The van der Waals surface area contributed by atoms with Crippen LogP contribution in [0.1, 0.15) is 58.6 Å². The number of amides is 4. The SMILES string of the molecule is C.C.C.CCOP(=O)(OCC)C(C(=O)Nc1cc2ccccc2cc1OC(=O)Nc1ccccc1)c1cccc2ccccc12.C[Si](C)(C)Br.O=C(Nc1ccccc1)Oc1cc2ccccc2cc1NC(=O)C(c1cccc2ccccc12)P(=O)(O)O.O=C=Nc1ccccc1. The molecule has 11 aromatic carbocycles. The topological polar surface area (TPSA) is 257 Å². The Labute approximate surface area is 574 Å². The summed E-state index contributed by atoms with van der Waals surface area (Å²) in [4.78, 5) is 86.8. The number of fused-ring (bicyclic) bond motifs is 4. The number of carbonyl (C=O) groups excluding carboxylic acids is 5. The first kappa shape index (κ1) is 78.0. The first-order chi connectivity index (χ1) is 45.1. The summed E-state index contributed by atoms with van der Waals surface area (Å²) in [5.74, 6) is -1.42. The van der Waals surface area contributed by atoms with Gasteiger partial charge in [0.05, 0.1) is 30.3 Å². The van der Waals surface area contributed by atoms with Gasteiger partial charge in [-0.05, 0) is 129 Å². The van der Waals surface area contributed by atoms with Crippen molar-refractivity contribution >= 4 is 139 Å². The van der Waals surface area contributed by atoms with E-state index in [1.165, 1.54) is 12.1 Å². The lowest BCUT2D eigenvalue weighted by Crippen LogP contribution is -2.24. The lowest BCUT2D eigenvalue weighted by molar-refractivity contribution is -0.117. The van der Waals surface area contributed by atoms with Crippen molar-refractivity contribution < 1.29 is 61.4 Å². The third kappa shape index (κ3) is 22.5. The summed E-state index contributed by atoms with van der Waals surface area (Å²) >= 11 is 3.51. The predicted molar refractivity (Wildman–Crippen MR) is 400 cm³/mol. The smallest absolute Gasteiger partial charge is 0.408 e. The highest BCUT2D eigenvalue weighted by Crippen LogP contribution is 2.62. The maximum Gasteiger partial charge on any atom is 0.417 e. The zero-order valence-electron chi connectivity index (χ0n) is 51.8. The Balaban J connectivity index is 0.000000285. The standard InChI is InChI=1S/C33H31N2O6P.C29H23N2O6P.C7H5NO.C3H9BrSi.3CH4/c1-3-39-42(38,40-4-2)31(28-20-12-16-23-13-10-11-19-27(23)28)32(36)35-29-21-24-14-8-9-15-25(24)22-30(29)41-33(37)34-26-17-6-5-7-18-26;32-28(27(38(34,35)36)24-16-8-12-19-9-6-7-15-23(19)24)31-25-17-20-10-4-5-11-21(20)18-26(25)37-29(33)30-22-13-2-1-3-14-22;9-6-8-7-4-2-1-3-5-7;1-5(2,3)4;;;/h5-22,31H,3-4H2,1-2H3,(H,34,37)(H,35,36);1-18,27H,(H,30,33)(H,31,32)(H2,34,35,36);1-5H;1-3H3;3*1H4. The third-order valence-electron chi connectivity index (χ3n) is 13.6. The number of anilines is 4. The number of rotatable bonds is 17. The first-order valence-electron chi connectivity index (χ1n) is 29.6. The van der Waals surface area contributed by atoms with Crippen LogP contribution in [-0.4, -0.2) is 59.8 Å². The van der Waals surface area contributed by atoms with Crippen LogP contribution in [-0.2, 0) is 32.6 Å². The maximum absolute atomic E-state index is 14.3. The molecule has 0 spiro atoms. The minimum atomic E-state index is -4.96. The quantitative estimate of drug-likeness (QED) is 0.0163. The maximum atomic E-state index is 14.3. The van der Waals surface area contributed by atoms with Crippen LogP contribution in [0.3, 0.4) is 0 Å². The first-order valence-corrected chi connectivity index (χ1v) is 38.7. The van der Waals surface area contributed by atoms with Crippen molar-refractivity contribution in [3.63, 3.8) is 0 Å². The number of nitrogens with one attached hydrogen (secondary N) is 4. The van der Waals surface area contributed by atoms with Crippen molar-refractivity contribution in [2.45, 2.75) is 67.1 Å². The number of isocyanates is 1. The molecule has 0 aliphatic heterocycles. The summed E-state index contributed by atoms with van der Waals surface area (Å²) in [5.41, 5.74) is -0.359. The Hall–Kier alpha value is -9.68. The number of para-hydroxylation sites is 3. The van der Waals surface area contributed by atoms with Crippen molar-refractivity contribution in [1.82, 2.24) is 0 Å². The molecular weight excluding hydrogens is 1350 g/mol. The molecule has 11 rings (SSSR count). The largest absolute Gasteiger partial charge is 0.417 e. The van der Waals surface area contributed by atoms with Gasteiger partial charge in [0, 0.05) is 11.4 Å². The van der Waals surface area contributed by atoms with Gasteiger partial charge in [-0.2, -0.15) is 4.99 Å². The Morgan fingerprint density at radius 1 is 0.464 bits per heavy atom. The highest BCUT2D eigenvalue weighted by Gasteiger charge is 2.44. The number of ether oxygens (including phenoxy) is 2. The second-order valence-corrected chi connectivity index (χ2v) is 36.7. The molecule has 6 N–H and O–H groups in total. The van der Waals surface area contributed by atoms with Crippen LogP contribution in [0.2, 0.25) is 19.6 Å². The van der Waals surface area contributed by atoms with Crippen LogP contribution in [0.5, 0.6) is 11.5 Å². The van der Waals surface area contributed by atoms with Gasteiger partial charge >= 0.3 is 27.4 Å². The number of hydrogen-bond donors (Lipinski definition) is 6. The average Bonchev–Trinajstić information content (AvgIpc) is 0.778. The molecular formula is C75H80BrN5O13P2Si. The molecule has 11 aromatic rings. The van der Waals surface area contributed by atoms with Crippen LogP contribution < -0.4 is 30.7 Å². The Morgan fingerprint density at radius 2 is 0.784 bits per heavy atom. The molecule has 0 saturated heterocycles. The van der Waals surface area contributed by atoms with Gasteiger partial charge in [0.1, 0.15) is 6.69 Å². The monoisotopic (exact) mass is 1430 g/mol. The molecule has 0 aromatic heterocycles. The summed E-state index contributed by atoms with van der Waals surface area (Å²) in [6, 6.07) is 72.9. The van der Waals surface area contributed by atoms with Gasteiger partial charge in [-0.1, -0.05) is 230 Å². The number of aliphatic imine (C=N–C) groups is 1. The van der Waals surface area contributed by atoms with Gasteiger partial charge in [-0.3, -0.25) is 29.4 Å². The molecule has 97 heavy (non-hydrogen) atoms. The molecule has 0 aliphatic carbocycles. The number of halogens is 1. The zero-order valence-corrected chi connectivity index (χ0v) is 56.2. The second-order valence-electron chi connectivity index (χ2n) is 21.6. The highest BCUT2D eigenvalue weighted by molar-refractivity contribution is 9.26. The lowest BCUT2D eigenvalue weighted by atomic mass is 10.0. The van der Waals surface area contributed by atoms with Crippen LogP contribution in [0.15, 0.2) is 254 Å². The molecule has 0 heterocycles. The summed E-state index contributed by atoms with van der Waals surface area (Å²) in [6.45, 7) is 9.49. The van der Waals surface area contributed by atoms with Crippen molar-refractivity contribution in [2.75, 3.05) is 34.5 Å². The third-order valence-corrected chi connectivity index (χ3v) is 17.2. The molecule has 504 valence electrons. The molecule has 0 aliphatic rings. The van der Waals surface area contributed by atoms with E-state index in [-0.39, 0.29) is 63.9 Å². The van der Waals surface area contributed by atoms with Gasteiger partial charge in [0.15, 0.2) is 22.8 Å². The molecule has 18 nitrogen and oxygen atoms in total. The van der Waals surface area contributed by atoms with Gasteiger partial charge in [0.2, 0.25) is 17.9 Å². The van der Waals surface area contributed by atoms with Crippen LogP contribution in [0.25, 0.3) is 43.1 Å². The van der Waals surface area contributed by atoms with Crippen LogP contribution in [0, 0.1) is 0 Å². The zero-order chi connectivity index (χ0) is 67.3. The predicted octanol–water partition coefficient (Wildman–Crippen LogP) is 20.8. The Kier molecular flexibility index (Phi) is 29.8. The fourth-order valence-corrected chi connectivity index (χ4v) is 12.7. The van der Waals surface area contributed by atoms with E-state index < -0.39 is 57.2 Å². The van der Waals surface area contributed by atoms with E-state index in [0.29, 0.717) is 28.0 Å². The van der Waals surface area contributed by atoms with Gasteiger partial charge in [-0.25, -0.2) is 14.4 Å². The minimum Gasteiger partial charge on any atom is -0.408 e. The summed E-state index contributed by atoms with van der Waals surface area (Å²) in [5, 5.41) is 16.8. The second kappa shape index (κ2) is 37.0. The molecule has 4 amide bonds. The van der Waals surface area contributed by atoms with Crippen LogP contribution in [0.4, 0.5) is 38.0 Å². The van der Waals surface area contributed by atoms with E-state index in [9.17, 15) is 42.9 Å². The molecule has 0 fully saturated rings. The summed E-state index contributed by atoms with van der Waals surface area (Å²) in [6.07, 6.45) is -0.0600. The van der Waals surface area contributed by atoms with Gasteiger partial charge in [0.25, 0.3) is 0 Å². The lowest BCUT2D eigenvalue weighted by Gasteiger charge is -2.27. The molecule has 0 saturated carbocycles.